The number of hydrogen-bond acceptors (Lipinski definition) is 0. The van der Waals surface area contributed by atoms with E-state index in [1.165, 1.54) is 25.7 Å². The lowest BCUT2D eigenvalue weighted by molar-refractivity contribution is 0.603. The Morgan fingerprint density at radius 2 is 2.06 bits per heavy atom. The Bertz CT molecular complexity index is 348. The first-order valence-electron chi connectivity index (χ1n) is 6.63. The minimum atomic E-state index is 0.439. The molecule has 0 saturated heterocycles. The Kier molecular flexibility index (Phi) is 3.88. The molecule has 0 aliphatic heterocycles. The topological polar surface area (TPSA) is 0 Å². The van der Waals surface area contributed by atoms with Crippen LogP contribution in [0.5, 0.6) is 0 Å². The van der Waals surface area contributed by atoms with E-state index in [4.69, 9.17) is 0 Å². The van der Waals surface area contributed by atoms with Crippen LogP contribution in [-0.2, 0) is 0 Å². The summed E-state index contributed by atoms with van der Waals surface area (Å²) in [4.78, 5) is 0. The standard InChI is InChI=1S/C16H22/c1-13-7-5-9-15(11-10-13)16-8-4-3-6-14(2)12-16/h10-15H,3-4,6,8-9H2,1-2H3. The highest BCUT2D eigenvalue weighted by Gasteiger charge is 2.15. The molecule has 86 valence electrons. The molecule has 0 N–H and O–H groups in total. The summed E-state index contributed by atoms with van der Waals surface area (Å²) < 4.78 is 0. The molecule has 0 saturated carbocycles. The molecule has 0 heteroatoms. The molecule has 2 aliphatic rings. The average Bonchev–Trinajstić information content (AvgIpc) is 2.58. The second kappa shape index (κ2) is 5.39. The van der Waals surface area contributed by atoms with Crippen molar-refractivity contribution < 1.29 is 0 Å². The third-order valence-electron chi connectivity index (χ3n) is 3.63. The van der Waals surface area contributed by atoms with E-state index in [1.807, 2.05) is 0 Å². The van der Waals surface area contributed by atoms with Gasteiger partial charge in [0.05, 0.1) is 0 Å². The van der Waals surface area contributed by atoms with Gasteiger partial charge in [-0.1, -0.05) is 43.1 Å². The molecule has 0 nitrogen and oxygen atoms in total. The molecule has 0 radical (unpaired) electrons. The number of allylic oxidation sites excluding steroid dienone is 4. The van der Waals surface area contributed by atoms with Gasteiger partial charge in [0.2, 0.25) is 0 Å². The molecule has 2 aliphatic carbocycles. The molecule has 0 heterocycles. The van der Waals surface area contributed by atoms with Gasteiger partial charge in [0.15, 0.2) is 0 Å². The highest BCUT2D eigenvalue weighted by atomic mass is 14.2. The van der Waals surface area contributed by atoms with Gasteiger partial charge in [0.25, 0.3) is 0 Å². The fourth-order valence-corrected chi connectivity index (χ4v) is 2.64. The van der Waals surface area contributed by atoms with Gasteiger partial charge in [0.1, 0.15) is 0 Å². The summed E-state index contributed by atoms with van der Waals surface area (Å²) in [5, 5.41) is 0. The van der Waals surface area contributed by atoms with Crippen LogP contribution in [0.25, 0.3) is 0 Å². The van der Waals surface area contributed by atoms with Crippen LogP contribution in [0.15, 0.2) is 23.8 Å². The van der Waals surface area contributed by atoms with Gasteiger partial charge < -0.3 is 0 Å². The van der Waals surface area contributed by atoms with E-state index in [1.54, 1.807) is 5.57 Å². The van der Waals surface area contributed by atoms with Gasteiger partial charge in [-0.15, -0.1) is 5.92 Å². The van der Waals surface area contributed by atoms with Gasteiger partial charge in [-0.05, 0) is 32.1 Å². The van der Waals surface area contributed by atoms with Crippen molar-refractivity contribution in [3.05, 3.63) is 23.8 Å². The Labute approximate surface area is 99.8 Å². The minimum absolute atomic E-state index is 0.439. The Morgan fingerprint density at radius 1 is 1.19 bits per heavy atom. The molecule has 0 bridgehead atoms. The zero-order valence-electron chi connectivity index (χ0n) is 10.5. The van der Waals surface area contributed by atoms with Gasteiger partial charge in [-0.3, -0.25) is 0 Å². The summed E-state index contributed by atoms with van der Waals surface area (Å²) in [6, 6.07) is 0. The quantitative estimate of drug-likeness (QED) is 0.450. The van der Waals surface area contributed by atoms with Crippen molar-refractivity contribution in [3.63, 3.8) is 0 Å². The summed E-state index contributed by atoms with van der Waals surface area (Å²) in [7, 11) is 0. The Balaban J connectivity index is 2.12. The zero-order valence-corrected chi connectivity index (χ0v) is 10.5. The second-order valence-corrected chi connectivity index (χ2v) is 5.27. The summed E-state index contributed by atoms with van der Waals surface area (Å²) in [6.45, 7) is 4.52. The van der Waals surface area contributed by atoms with Crippen molar-refractivity contribution in [2.75, 3.05) is 0 Å². The molecule has 3 atom stereocenters. The molecule has 0 amide bonds. The minimum Gasteiger partial charge on any atom is -0.102 e. The van der Waals surface area contributed by atoms with Crippen molar-refractivity contribution in [2.24, 2.45) is 17.8 Å². The second-order valence-electron chi connectivity index (χ2n) is 5.27. The van der Waals surface area contributed by atoms with Crippen molar-refractivity contribution in [3.8, 4) is 11.8 Å². The fraction of sp³-hybridized carbons (Fsp3) is 0.625. The van der Waals surface area contributed by atoms with Crippen LogP contribution < -0.4 is 0 Å². The Morgan fingerprint density at radius 3 is 2.94 bits per heavy atom. The lowest BCUT2D eigenvalue weighted by atomic mass is 9.91. The molecule has 0 aromatic carbocycles. The van der Waals surface area contributed by atoms with E-state index >= 15 is 0 Å². The maximum absolute atomic E-state index is 3.33. The predicted octanol–water partition coefficient (Wildman–Crippen LogP) is 4.34. The van der Waals surface area contributed by atoms with E-state index in [0.29, 0.717) is 11.8 Å². The number of hydrogen-bond donors (Lipinski definition) is 0. The van der Waals surface area contributed by atoms with Crippen LogP contribution in [0.1, 0.15) is 46.0 Å². The lowest BCUT2D eigenvalue weighted by Gasteiger charge is -2.14. The molecule has 2 rings (SSSR count). The fourth-order valence-electron chi connectivity index (χ4n) is 2.64. The van der Waals surface area contributed by atoms with Crippen LogP contribution in [-0.4, -0.2) is 0 Å². The first-order valence-corrected chi connectivity index (χ1v) is 6.63. The largest absolute Gasteiger partial charge is 0.102 e. The van der Waals surface area contributed by atoms with Crippen molar-refractivity contribution >= 4 is 0 Å². The molecular weight excluding hydrogens is 192 g/mol. The third kappa shape index (κ3) is 3.01. The summed E-state index contributed by atoms with van der Waals surface area (Å²) in [6.07, 6.45) is 13.6. The highest BCUT2D eigenvalue weighted by molar-refractivity contribution is 5.24. The van der Waals surface area contributed by atoms with E-state index < -0.39 is 0 Å². The van der Waals surface area contributed by atoms with Gasteiger partial charge >= 0.3 is 0 Å². The third-order valence-corrected chi connectivity index (χ3v) is 3.63. The normalized spacial score (nSPS) is 34.4. The molecule has 3 unspecified atom stereocenters. The highest BCUT2D eigenvalue weighted by Crippen LogP contribution is 2.29. The molecule has 0 fully saturated rings. The van der Waals surface area contributed by atoms with Crippen LogP contribution in [0.4, 0.5) is 0 Å². The van der Waals surface area contributed by atoms with Crippen molar-refractivity contribution in [1.29, 1.82) is 0 Å². The van der Waals surface area contributed by atoms with Crippen LogP contribution in [0.2, 0.25) is 0 Å². The summed E-state index contributed by atoms with van der Waals surface area (Å²) >= 11 is 0. The van der Waals surface area contributed by atoms with Crippen molar-refractivity contribution in [1.82, 2.24) is 0 Å². The van der Waals surface area contributed by atoms with Gasteiger partial charge in [-0.25, -0.2) is 0 Å². The van der Waals surface area contributed by atoms with Crippen molar-refractivity contribution in [2.45, 2.75) is 46.0 Å². The maximum Gasteiger partial charge on any atom is 0.0354 e. The van der Waals surface area contributed by atoms with E-state index in [-0.39, 0.29) is 0 Å². The van der Waals surface area contributed by atoms with E-state index in [2.05, 4.69) is 43.9 Å². The summed E-state index contributed by atoms with van der Waals surface area (Å²) in [5.41, 5.74) is 1.64. The maximum atomic E-state index is 3.33. The first kappa shape index (κ1) is 11.5. The molecule has 0 aromatic rings. The van der Waals surface area contributed by atoms with Gasteiger partial charge in [-0.2, -0.15) is 0 Å². The zero-order chi connectivity index (χ0) is 11.4. The average molecular weight is 214 g/mol. The van der Waals surface area contributed by atoms with Crippen LogP contribution in [0, 0.1) is 29.6 Å². The molecule has 0 aromatic heterocycles. The molecular formula is C16H22. The van der Waals surface area contributed by atoms with Crippen LogP contribution in [0.3, 0.4) is 0 Å². The molecule has 0 spiro atoms. The van der Waals surface area contributed by atoms with Crippen LogP contribution >= 0.6 is 0 Å². The van der Waals surface area contributed by atoms with E-state index in [0.717, 1.165) is 12.3 Å². The Hall–Kier alpha value is -0.960. The van der Waals surface area contributed by atoms with Gasteiger partial charge in [0, 0.05) is 18.3 Å². The lowest BCUT2D eigenvalue weighted by Crippen LogP contribution is -2.01. The monoisotopic (exact) mass is 214 g/mol. The molecule has 16 heavy (non-hydrogen) atoms. The predicted molar refractivity (Wildman–Crippen MR) is 69.9 cm³/mol. The van der Waals surface area contributed by atoms with E-state index in [9.17, 15) is 0 Å². The SMILES string of the molecule is CC1C#CCC(C2=CC(C)CCCC2)C=C1. The summed E-state index contributed by atoms with van der Waals surface area (Å²) in [5.74, 6) is 8.40. The smallest absolute Gasteiger partial charge is 0.0354 e. The first-order chi connectivity index (χ1) is 7.75. The number of rotatable bonds is 1.